The van der Waals surface area contributed by atoms with Crippen molar-refractivity contribution < 1.29 is 24.5 Å². The van der Waals surface area contributed by atoms with Crippen molar-refractivity contribution in [2.45, 2.75) is 46.8 Å². The fraction of sp³-hybridized carbons (Fsp3) is 0.160. The molecular formula is C50H43IrN3OSSi-2. The molecule has 0 saturated carbocycles. The Morgan fingerprint density at radius 1 is 0.719 bits per heavy atom. The maximum Gasteiger partial charge on any atom is 0.120 e. The van der Waals surface area contributed by atoms with Crippen molar-refractivity contribution in [1.82, 2.24) is 14.5 Å². The van der Waals surface area contributed by atoms with E-state index >= 15 is 0 Å². The summed E-state index contributed by atoms with van der Waals surface area (Å²) in [5, 5.41) is 6.21. The summed E-state index contributed by atoms with van der Waals surface area (Å²) in [5.41, 5.74) is 9.49. The molecular weight excluding hydrogens is 911 g/mol. The van der Waals surface area contributed by atoms with Gasteiger partial charge in [-0.1, -0.05) is 112 Å². The SMILES string of the molecule is CC(C)(C)Cc1cc(-c2[c-]cccc2)ncc1[Si](C)(C)C.[Ir].[c-]1ccc2c(oc3ccccc32)c1-c1nc2ccccc2n1-c1ccc2sc3ccccc3c2c1. The Hall–Kier alpha value is -5.17. The van der Waals surface area contributed by atoms with E-state index in [1.165, 1.54) is 30.9 Å². The summed E-state index contributed by atoms with van der Waals surface area (Å²) in [6.07, 6.45) is 3.21. The zero-order valence-electron chi connectivity index (χ0n) is 33.0. The summed E-state index contributed by atoms with van der Waals surface area (Å²) in [4.78, 5) is 9.79. The van der Waals surface area contributed by atoms with E-state index in [0.717, 1.165) is 67.7 Å². The molecule has 4 heterocycles. The molecule has 0 aliphatic heterocycles. The third kappa shape index (κ3) is 7.53. The van der Waals surface area contributed by atoms with Crippen LogP contribution in [0.3, 0.4) is 0 Å². The van der Waals surface area contributed by atoms with Crippen LogP contribution < -0.4 is 5.19 Å². The van der Waals surface area contributed by atoms with Crippen LogP contribution in [-0.4, -0.2) is 22.6 Å². The van der Waals surface area contributed by atoms with Gasteiger partial charge in [-0.25, -0.2) is 0 Å². The van der Waals surface area contributed by atoms with E-state index < -0.39 is 8.07 Å². The number of imidazole rings is 1. The molecule has 0 aliphatic carbocycles. The molecule has 0 N–H and O–H groups in total. The van der Waals surface area contributed by atoms with Crippen LogP contribution in [0.5, 0.6) is 0 Å². The molecule has 10 aromatic rings. The molecule has 0 fully saturated rings. The number of hydrogen-bond donors (Lipinski definition) is 0. The minimum atomic E-state index is -1.37. The van der Waals surface area contributed by atoms with Gasteiger partial charge in [-0.2, -0.15) is 0 Å². The summed E-state index contributed by atoms with van der Waals surface area (Å²) >= 11 is 1.83. The van der Waals surface area contributed by atoms with E-state index in [-0.39, 0.29) is 25.5 Å². The second kappa shape index (κ2) is 15.3. The van der Waals surface area contributed by atoms with Crippen molar-refractivity contribution in [3.8, 4) is 28.3 Å². The number of benzene rings is 6. The fourth-order valence-corrected chi connectivity index (χ4v) is 10.4. The zero-order valence-corrected chi connectivity index (χ0v) is 37.2. The number of para-hydroxylation sites is 3. The van der Waals surface area contributed by atoms with Crippen molar-refractivity contribution in [3.05, 3.63) is 157 Å². The van der Waals surface area contributed by atoms with Gasteiger partial charge in [0.15, 0.2) is 0 Å². The first-order chi connectivity index (χ1) is 27.0. The molecule has 0 atom stereocenters. The van der Waals surface area contributed by atoms with Crippen molar-refractivity contribution >= 4 is 77.7 Å². The van der Waals surface area contributed by atoms with Crippen LogP contribution in [0.4, 0.5) is 0 Å². The Balaban J connectivity index is 0.000000179. The van der Waals surface area contributed by atoms with E-state index in [0.29, 0.717) is 0 Å². The van der Waals surface area contributed by atoms with Crippen molar-refractivity contribution in [3.63, 3.8) is 0 Å². The first-order valence-electron chi connectivity index (χ1n) is 19.2. The molecule has 10 rings (SSSR count). The average molecular weight is 954 g/mol. The number of nitrogens with zero attached hydrogens (tertiary/aromatic N) is 3. The van der Waals surface area contributed by atoms with E-state index in [4.69, 9.17) is 14.4 Å². The third-order valence-electron chi connectivity index (χ3n) is 10.2. The second-order valence-electron chi connectivity index (χ2n) is 16.7. The van der Waals surface area contributed by atoms with E-state index in [1.54, 1.807) is 0 Å². The first-order valence-corrected chi connectivity index (χ1v) is 23.5. The summed E-state index contributed by atoms with van der Waals surface area (Å²) in [6.45, 7) is 14.1. The summed E-state index contributed by atoms with van der Waals surface area (Å²) in [7, 11) is -1.37. The Morgan fingerprint density at radius 3 is 2.25 bits per heavy atom. The van der Waals surface area contributed by atoms with E-state index in [1.807, 2.05) is 59.9 Å². The Bertz CT molecular complexity index is 3040. The minimum Gasteiger partial charge on any atom is -0.501 e. The van der Waals surface area contributed by atoms with Crippen LogP contribution in [0.15, 0.2) is 144 Å². The van der Waals surface area contributed by atoms with Gasteiger partial charge in [0.1, 0.15) is 5.58 Å². The minimum absolute atomic E-state index is 0. The van der Waals surface area contributed by atoms with E-state index in [9.17, 15) is 0 Å². The van der Waals surface area contributed by atoms with Gasteiger partial charge in [-0.05, 0) is 65.2 Å². The number of hydrogen-bond acceptors (Lipinski definition) is 4. The van der Waals surface area contributed by atoms with Crippen LogP contribution in [0.25, 0.3) is 81.5 Å². The average Bonchev–Trinajstić information content (AvgIpc) is 3.88. The first kappa shape index (κ1) is 38.7. The second-order valence-corrected chi connectivity index (χ2v) is 22.8. The van der Waals surface area contributed by atoms with Crippen LogP contribution in [-0.2, 0) is 26.5 Å². The van der Waals surface area contributed by atoms with Gasteiger partial charge < -0.3 is 14.0 Å². The molecule has 57 heavy (non-hydrogen) atoms. The molecule has 0 amide bonds. The van der Waals surface area contributed by atoms with Crippen molar-refractivity contribution in [1.29, 1.82) is 0 Å². The van der Waals surface area contributed by atoms with Crippen LogP contribution in [0.2, 0.25) is 19.6 Å². The predicted octanol–water partition coefficient (Wildman–Crippen LogP) is 13.4. The summed E-state index contributed by atoms with van der Waals surface area (Å²) in [5.74, 6) is 0.828. The van der Waals surface area contributed by atoms with Crippen molar-refractivity contribution in [2.75, 3.05) is 0 Å². The molecule has 4 aromatic heterocycles. The number of pyridine rings is 1. The standard InChI is InChI=1S/C31H17N2OS.C19H26NSi.Ir/c1-5-14-27-20(8-1)22-10-7-11-23(30(22)34-27)31-32-25-12-3-4-13-26(25)33(31)19-16-17-29-24(18-19)21-9-2-6-15-28(21)35-29;1-19(2,3)13-16-12-17(15-10-8-7-9-11-15)20-14-18(16)21(4,5)6;/h1-10,12-18H;7-10,12,14H,13H2,1-6H3;/q2*-1;. The van der Waals surface area contributed by atoms with Gasteiger partial charge >= 0.3 is 0 Å². The smallest absolute Gasteiger partial charge is 0.120 e. The number of rotatable bonds is 5. The molecule has 6 aromatic carbocycles. The Kier molecular flexibility index (Phi) is 10.4. The largest absolute Gasteiger partial charge is 0.501 e. The van der Waals surface area contributed by atoms with Gasteiger partial charge in [0.2, 0.25) is 0 Å². The molecule has 4 nitrogen and oxygen atoms in total. The predicted molar refractivity (Wildman–Crippen MR) is 240 cm³/mol. The Morgan fingerprint density at radius 2 is 1.46 bits per heavy atom. The molecule has 285 valence electrons. The molecule has 0 bridgehead atoms. The molecule has 0 aliphatic rings. The summed E-state index contributed by atoms with van der Waals surface area (Å²) < 4.78 is 11.2. The van der Waals surface area contributed by atoms with E-state index in [2.05, 4.69) is 148 Å². The topological polar surface area (TPSA) is 43.9 Å². The molecule has 0 unspecified atom stereocenters. The number of furan rings is 1. The molecule has 0 saturated heterocycles. The van der Waals surface area contributed by atoms with Crippen molar-refractivity contribution in [2.24, 2.45) is 5.41 Å². The number of fused-ring (bicyclic) bond motifs is 7. The van der Waals surface area contributed by atoms with Gasteiger partial charge in [0.25, 0.3) is 0 Å². The maximum atomic E-state index is 6.36. The van der Waals surface area contributed by atoms with Crippen LogP contribution >= 0.6 is 11.3 Å². The monoisotopic (exact) mass is 954 g/mol. The molecule has 0 spiro atoms. The normalized spacial score (nSPS) is 12.0. The third-order valence-corrected chi connectivity index (χ3v) is 13.5. The van der Waals surface area contributed by atoms with Gasteiger partial charge in [-0.15, -0.1) is 65.4 Å². The number of aromatic nitrogens is 3. The maximum absolute atomic E-state index is 6.36. The van der Waals surface area contributed by atoms with Crippen LogP contribution in [0.1, 0.15) is 26.3 Å². The Labute approximate surface area is 352 Å². The quantitative estimate of drug-likeness (QED) is 0.128. The fourth-order valence-electron chi connectivity index (χ4n) is 7.75. The zero-order chi connectivity index (χ0) is 38.6. The van der Waals surface area contributed by atoms with Gasteiger partial charge in [-0.3, -0.25) is 4.98 Å². The summed E-state index contributed by atoms with van der Waals surface area (Å²) in [6, 6.07) is 52.9. The molecule has 7 heteroatoms. The van der Waals surface area contributed by atoms with Gasteiger partial charge in [0, 0.05) is 57.5 Å². The number of thiophene rings is 1. The molecule has 1 radical (unpaired) electrons. The van der Waals surface area contributed by atoms with Gasteiger partial charge in [0.05, 0.1) is 30.5 Å². The van der Waals surface area contributed by atoms with Crippen LogP contribution in [0, 0.1) is 17.5 Å².